The molecular weight excluding hydrogens is 228 g/mol. The highest BCUT2D eigenvalue weighted by molar-refractivity contribution is 6.03. The number of hydrogen-bond acceptors (Lipinski definition) is 3. The zero-order valence-electron chi connectivity index (χ0n) is 11.2. The molecule has 1 aliphatic carbocycles. The van der Waals surface area contributed by atoms with Crippen LogP contribution < -0.4 is 5.32 Å². The molecule has 1 saturated carbocycles. The van der Waals surface area contributed by atoms with Crippen molar-refractivity contribution in [3.05, 3.63) is 0 Å². The molecule has 18 heavy (non-hydrogen) atoms. The summed E-state index contributed by atoms with van der Waals surface area (Å²) in [6.07, 6.45) is 6.45. The summed E-state index contributed by atoms with van der Waals surface area (Å²) in [7, 11) is 1.45. The molecule has 0 bridgehead atoms. The Labute approximate surface area is 109 Å². The molecule has 1 rings (SSSR count). The summed E-state index contributed by atoms with van der Waals surface area (Å²) in [5.41, 5.74) is 0. The van der Waals surface area contributed by atoms with Crippen LogP contribution in [0.15, 0.2) is 0 Å². The van der Waals surface area contributed by atoms with Crippen molar-refractivity contribution in [2.45, 2.75) is 45.4 Å². The Morgan fingerprint density at radius 1 is 1.33 bits per heavy atom. The van der Waals surface area contributed by atoms with Gasteiger partial charge in [-0.3, -0.25) is 9.59 Å². The maximum absolute atomic E-state index is 11.9. The van der Waals surface area contributed by atoms with Gasteiger partial charge in [0.2, 0.25) is 5.91 Å². The normalized spacial score (nSPS) is 19.6. The van der Waals surface area contributed by atoms with Gasteiger partial charge in [-0.1, -0.05) is 39.0 Å². The van der Waals surface area contributed by atoms with E-state index >= 15 is 0 Å². The number of ketones is 1. The lowest BCUT2D eigenvalue weighted by Gasteiger charge is -2.27. The summed E-state index contributed by atoms with van der Waals surface area (Å²) >= 11 is 0. The second-order valence-electron chi connectivity index (χ2n) is 5.22. The topological polar surface area (TPSA) is 70.0 Å². The Hall–Kier alpha value is -1.37. The molecule has 0 heterocycles. The van der Waals surface area contributed by atoms with Gasteiger partial charge in [0.05, 0.1) is 6.07 Å². The Morgan fingerprint density at radius 3 is 2.44 bits per heavy atom. The molecule has 1 aliphatic rings. The number of nitriles is 1. The van der Waals surface area contributed by atoms with Gasteiger partial charge in [0.1, 0.15) is 0 Å². The van der Waals surface area contributed by atoms with E-state index in [1.165, 1.54) is 39.2 Å². The fraction of sp³-hybridized carbons (Fsp3) is 0.786. The molecule has 0 unspecified atom stereocenters. The highest BCUT2D eigenvalue weighted by atomic mass is 16.2. The standard InChI is InChI=1S/C14H22N2O2/c1-10(11-6-4-3-5-7-11)8-13(17)12(9-15)14(18)16-2/h10-12H,3-8H2,1-2H3,(H,16,18)/t10-,12+/m0/s1. The monoisotopic (exact) mass is 250 g/mol. The molecule has 0 aromatic heterocycles. The van der Waals surface area contributed by atoms with Crippen molar-refractivity contribution in [2.75, 3.05) is 7.05 Å². The van der Waals surface area contributed by atoms with Crippen molar-refractivity contribution in [3.63, 3.8) is 0 Å². The maximum atomic E-state index is 11.9. The first-order chi connectivity index (χ1) is 8.60. The van der Waals surface area contributed by atoms with Crippen LogP contribution in [0.5, 0.6) is 0 Å². The first-order valence-corrected chi connectivity index (χ1v) is 6.74. The van der Waals surface area contributed by atoms with Gasteiger partial charge >= 0.3 is 0 Å². The van der Waals surface area contributed by atoms with E-state index in [0.717, 1.165) is 0 Å². The Morgan fingerprint density at radius 2 is 1.94 bits per heavy atom. The van der Waals surface area contributed by atoms with Crippen molar-refractivity contribution in [1.29, 1.82) is 5.26 Å². The van der Waals surface area contributed by atoms with Gasteiger partial charge in [-0.05, 0) is 11.8 Å². The molecule has 1 N–H and O–H groups in total. The Kier molecular flexibility index (Phi) is 5.84. The van der Waals surface area contributed by atoms with E-state index in [0.29, 0.717) is 12.3 Å². The van der Waals surface area contributed by atoms with Gasteiger partial charge in [-0.25, -0.2) is 0 Å². The average molecular weight is 250 g/mol. The minimum atomic E-state index is -1.14. The molecule has 1 amide bonds. The highest BCUT2D eigenvalue weighted by Crippen LogP contribution is 2.32. The molecule has 0 spiro atoms. The van der Waals surface area contributed by atoms with Crippen molar-refractivity contribution in [2.24, 2.45) is 17.8 Å². The number of nitrogens with one attached hydrogen (secondary N) is 1. The largest absolute Gasteiger partial charge is 0.358 e. The van der Waals surface area contributed by atoms with Crippen LogP contribution in [0.3, 0.4) is 0 Å². The SMILES string of the molecule is CNC(=O)[C@H](C#N)C(=O)C[C@H](C)C1CCCCC1. The molecule has 0 aromatic carbocycles. The molecule has 2 atom stereocenters. The van der Waals surface area contributed by atoms with Gasteiger partial charge < -0.3 is 5.32 Å². The van der Waals surface area contributed by atoms with Gasteiger partial charge in [-0.2, -0.15) is 5.26 Å². The third-order valence-electron chi connectivity index (χ3n) is 3.94. The molecule has 4 heteroatoms. The highest BCUT2D eigenvalue weighted by Gasteiger charge is 2.29. The zero-order chi connectivity index (χ0) is 13.5. The average Bonchev–Trinajstić information content (AvgIpc) is 2.40. The molecule has 0 radical (unpaired) electrons. The van der Waals surface area contributed by atoms with E-state index < -0.39 is 11.8 Å². The number of carbonyl (C=O) groups excluding carboxylic acids is 2. The van der Waals surface area contributed by atoms with E-state index in [4.69, 9.17) is 5.26 Å². The summed E-state index contributed by atoms with van der Waals surface area (Å²) < 4.78 is 0. The number of carbonyl (C=O) groups is 2. The first-order valence-electron chi connectivity index (χ1n) is 6.74. The quantitative estimate of drug-likeness (QED) is 0.759. The van der Waals surface area contributed by atoms with Crippen molar-refractivity contribution in [3.8, 4) is 6.07 Å². The van der Waals surface area contributed by atoms with Gasteiger partial charge in [0.15, 0.2) is 11.7 Å². The molecule has 1 fully saturated rings. The van der Waals surface area contributed by atoms with Crippen LogP contribution >= 0.6 is 0 Å². The second-order valence-corrected chi connectivity index (χ2v) is 5.22. The molecule has 0 aliphatic heterocycles. The molecule has 100 valence electrons. The number of nitrogens with zero attached hydrogens (tertiary/aromatic N) is 1. The summed E-state index contributed by atoms with van der Waals surface area (Å²) in [6.45, 7) is 2.06. The number of rotatable bonds is 5. The summed E-state index contributed by atoms with van der Waals surface area (Å²) in [5.74, 6) is -1.01. The number of hydrogen-bond donors (Lipinski definition) is 1. The minimum absolute atomic E-state index is 0.241. The molecule has 0 aromatic rings. The van der Waals surface area contributed by atoms with E-state index in [9.17, 15) is 9.59 Å². The maximum Gasteiger partial charge on any atom is 0.244 e. The lowest BCUT2D eigenvalue weighted by atomic mass is 9.78. The predicted octanol–water partition coefficient (Wildman–Crippen LogP) is 2.05. The van der Waals surface area contributed by atoms with Crippen molar-refractivity contribution >= 4 is 11.7 Å². The van der Waals surface area contributed by atoms with Crippen LogP contribution in [-0.2, 0) is 9.59 Å². The Balaban J connectivity index is 2.52. The van der Waals surface area contributed by atoms with Crippen LogP contribution in [0.2, 0.25) is 0 Å². The van der Waals surface area contributed by atoms with E-state index in [2.05, 4.69) is 12.2 Å². The van der Waals surface area contributed by atoms with E-state index in [1.54, 1.807) is 6.07 Å². The molecule has 4 nitrogen and oxygen atoms in total. The minimum Gasteiger partial charge on any atom is -0.358 e. The zero-order valence-corrected chi connectivity index (χ0v) is 11.2. The van der Waals surface area contributed by atoms with E-state index in [-0.39, 0.29) is 11.7 Å². The first kappa shape index (κ1) is 14.7. The fourth-order valence-electron chi connectivity index (χ4n) is 2.73. The summed E-state index contributed by atoms with van der Waals surface area (Å²) in [6, 6.07) is 1.80. The lowest BCUT2D eigenvalue weighted by Crippen LogP contribution is -2.33. The van der Waals surface area contributed by atoms with Gasteiger partial charge in [-0.15, -0.1) is 0 Å². The second kappa shape index (κ2) is 7.15. The van der Waals surface area contributed by atoms with Gasteiger partial charge in [0.25, 0.3) is 0 Å². The lowest BCUT2D eigenvalue weighted by molar-refractivity contribution is -0.132. The predicted molar refractivity (Wildman–Crippen MR) is 68.5 cm³/mol. The molecule has 0 saturated heterocycles. The van der Waals surface area contributed by atoms with Crippen LogP contribution in [0.25, 0.3) is 0 Å². The third kappa shape index (κ3) is 3.83. The number of amides is 1. The van der Waals surface area contributed by atoms with Crippen molar-refractivity contribution in [1.82, 2.24) is 5.32 Å². The van der Waals surface area contributed by atoms with Crippen LogP contribution in [0.4, 0.5) is 0 Å². The van der Waals surface area contributed by atoms with Gasteiger partial charge in [0, 0.05) is 13.5 Å². The van der Waals surface area contributed by atoms with Crippen LogP contribution in [0, 0.1) is 29.1 Å². The smallest absolute Gasteiger partial charge is 0.244 e. The third-order valence-corrected chi connectivity index (χ3v) is 3.94. The number of Topliss-reactive ketones (excluding diaryl/α,β-unsaturated/α-hetero) is 1. The Bertz CT molecular complexity index is 340. The molecular formula is C14H22N2O2. The summed E-state index contributed by atoms with van der Waals surface area (Å²) in [4.78, 5) is 23.3. The van der Waals surface area contributed by atoms with Crippen LogP contribution in [0.1, 0.15) is 45.4 Å². The summed E-state index contributed by atoms with van der Waals surface area (Å²) in [5, 5.41) is 11.3. The van der Waals surface area contributed by atoms with Crippen LogP contribution in [-0.4, -0.2) is 18.7 Å². The van der Waals surface area contributed by atoms with Crippen molar-refractivity contribution < 1.29 is 9.59 Å². The fourth-order valence-corrected chi connectivity index (χ4v) is 2.73. The van der Waals surface area contributed by atoms with E-state index in [1.807, 2.05) is 0 Å².